The lowest BCUT2D eigenvalue weighted by molar-refractivity contribution is 0.0374. The lowest BCUT2D eigenvalue weighted by Crippen LogP contribution is -2.37. The van der Waals surface area contributed by atoms with Gasteiger partial charge in [-0.2, -0.15) is 0 Å². The molecule has 2 aromatic heterocycles. The van der Waals surface area contributed by atoms with E-state index in [1.807, 2.05) is 12.1 Å². The van der Waals surface area contributed by atoms with Crippen LogP contribution in [0, 0.1) is 0 Å². The minimum absolute atomic E-state index is 0.534. The molecule has 1 aromatic carbocycles. The van der Waals surface area contributed by atoms with Gasteiger partial charge in [0.25, 0.3) is 0 Å². The van der Waals surface area contributed by atoms with Crippen LogP contribution in [0.2, 0.25) is 0 Å². The Bertz CT molecular complexity index is 979. The summed E-state index contributed by atoms with van der Waals surface area (Å²) in [6, 6.07) is 8.25. The van der Waals surface area contributed by atoms with Crippen LogP contribution >= 0.6 is 0 Å². The highest BCUT2D eigenvalue weighted by Gasteiger charge is 2.16. The van der Waals surface area contributed by atoms with Crippen LogP contribution in [0.5, 0.6) is 0 Å². The highest BCUT2D eigenvalue weighted by molar-refractivity contribution is 6.06. The average Bonchev–Trinajstić information content (AvgIpc) is 3.17. The molecular weight excluding hydrogens is 388 g/mol. The number of morpholine rings is 1. The van der Waals surface area contributed by atoms with Crippen molar-refractivity contribution in [2.75, 3.05) is 51.7 Å². The Balaban J connectivity index is 1.39. The molecule has 0 atom stereocenters. The Morgan fingerprint density at radius 1 is 1.03 bits per heavy atom. The number of para-hydroxylation sites is 1. The van der Waals surface area contributed by atoms with Gasteiger partial charge >= 0.3 is 0 Å². The zero-order valence-electron chi connectivity index (χ0n) is 18.8. The maximum atomic E-state index is 6.29. The molecule has 7 nitrogen and oxygen atoms in total. The molecule has 0 unspecified atom stereocenters. The number of anilines is 1. The second-order valence-electron chi connectivity index (χ2n) is 8.41. The first kappa shape index (κ1) is 22.0. The van der Waals surface area contributed by atoms with Crippen molar-refractivity contribution in [1.29, 1.82) is 0 Å². The lowest BCUT2D eigenvalue weighted by atomic mass is 10.2. The van der Waals surface area contributed by atoms with Gasteiger partial charge in [0.05, 0.1) is 24.2 Å². The fraction of sp³-hybridized carbons (Fsp3) is 0.583. The molecular formula is C24H36N6O. The number of pyridine rings is 1. The lowest BCUT2D eigenvalue weighted by Gasteiger charge is -2.26. The SMILES string of the molecule is CCCCc1nc2c(N)nc3ccccc3c2n1CCCNCCCN1CCOCC1. The van der Waals surface area contributed by atoms with Gasteiger partial charge < -0.3 is 20.4 Å². The number of nitrogens with two attached hydrogens (primary N) is 1. The van der Waals surface area contributed by atoms with Crippen molar-refractivity contribution in [3.05, 3.63) is 30.1 Å². The predicted octanol–water partition coefficient (Wildman–Crippen LogP) is 3.21. The molecule has 0 radical (unpaired) electrons. The number of nitrogens with one attached hydrogen (secondary N) is 1. The molecule has 3 heterocycles. The molecule has 1 saturated heterocycles. The van der Waals surface area contributed by atoms with E-state index in [1.54, 1.807) is 0 Å². The Labute approximate surface area is 185 Å². The number of nitrogens with zero attached hydrogens (tertiary/aromatic N) is 4. The van der Waals surface area contributed by atoms with Crippen LogP contribution in [0.1, 0.15) is 38.4 Å². The van der Waals surface area contributed by atoms with E-state index in [4.69, 9.17) is 15.5 Å². The van der Waals surface area contributed by atoms with Crippen molar-refractivity contribution >= 4 is 27.8 Å². The highest BCUT2D eigenvalue weighted by atomic mass is 16.5. The first-order chi connectivity index (χ1) is 15.3. The van der Waals surface area contributed by atoms with Crippen molar-refractivity contribution in [3.63, 3.8) is 0 Å². The summed E-state index contributed by atoms with van der Waals surface area (Å²) in [5, 5.41) is 4.76. The smallest absolute Gasteiger partial charge is 0.152 e. The Morgan fingerprint density at radius 2 is 1.81 bits per heavy atom. The third-order valence-electron chi connectivity index (χ3n) is 6.11. The number of ether oxygens (including phenoxy) is 1. The maximum absolute atomic E-state index is 6.29. The molecule has 3 aromatic rings. The third kappa shape index (κ3) is 5.34. The summed E-state index contributed by atoms with van der Waals surface area (Å²) in [6.45, 7) is 10.3. The molecule has 0 spiro atoms. The monoisotopic (exact) mass is 424 g/mol. The van der Waals surface area contributed by atoms with E-state index in [0.29, 0.717) is 5.82 Å². The molecule has 0 saturated carbocycles. The molecule has 1 fully saturated rings. The van der Waals surface area contributed by atoms with E-state index in [-0.39, 0.29) is 0 Å². The molecule has 4 rings (SSSR count). The standard InChI is InChI=1S/C24H36N6O/c1-2-3-10-21-28-22-23(19-8-4-5-9-20(19)27-24(22)25)30(21)14-7-12-26-11-6-13-29-15-17-31-18-16-29/h4-5,8-9,26H,2-3,6-7,10-18H2,1H3,(H2,25,27). The van der Waals surface area contributed by atoms with E-state index in [2.05, 4.69) is 38.8 Å². The second kappa shape index (κ2) is 10.9. The number of unbranched alkanes of at least 4 members (excludes halogenated alkanes) is 1. The molecule has 0 amide bonds. The molecule has 7 heteroatoms. The number of hydrogen-bond acceptors (Lipinski definition) is 6. The van der Waals surface area contributed by atoms with E-state index in [9.17, 15) is 0 Å². The number of aromatic nitrogens is 3. The Morgan fingerprint density at radius 3 is 2.61 bits per heavy atom. The van der Waals surface area contributed by atoms with Gasteiger partial charge in [0.1, 0.15) is 11.3 Å². The molecule has 1 aliphatic rings. The van der Waals surface area contributed by atoms with Crippen LogP contribution < -0.4 is 11.1 Å². The van der Waals surface area contributed by atoms with Crippen LogP contribution in [0.3, 0.4) is 0 Å². The van der Waals surface area contributed by atoms with E-state index >= 15 is 0 Å². The zero-order chi connectivity index (χ0) is 21.5. The fourth-order valence-corrected chi connectivity index (χ4v) is 4.41. The van der Waals surface area contributed by atoms with Gasteiger partial charge in [-0.05, 0) is 45.0 Å². The van der Waals surface area contributed by atoms with Gasteiger partial charge in [0.2, 0.25) is 0 Å². The first-order valence-electron chi connectivity index (χ1n) is 11.8. The number of imidazole rings is 1. The molecule has 31 heavy (non-hydrogen) atoms. The molecule has 168 valence electrons. The summed E-state index contributed by atoms with van der Waals surface area (Å²) in [6.07, 6.45) is 5.52. The van der Waals surface area contributed by atoms with Crippen molar-refractivity contribution in [1.82, 2.24) is 24.8 Å². The second-order valence-corrected chi connectivity index (χ2v) is 8.41. The van der Waals surface area contributed by atoms with Gasteiger partial charge in [-0.15, -0.1) is 0 Å². The van der Waals surface area contributed by atoms with E-state index in [1.165, 1.54) is 6.42 Å². The summed E-state index contributed by atoms with van der Waals surface area (Å²) in [5.41, 5.74) is 9.23. The quantitative estimate of drug-likeness (QED) is 0.460. The van der Waals surface area contributed by atoms with Crippen LogP contribution in [0.15, 0.2) is 24.3 Å². The van der Waals surface area contributed by atoms with Crippen molar-refractivity contribution < 1.29 is 4.74 Å². The van der Waals surface area contributed by atoms with E-state index in [0.717, 1.165) is 106 Å². The molecule has 0 aliphatic carbocycles. The largest absolute Gasteiger partial charge is 0.382 e. The number of fused-ring (bicyclic) bond motifs is 3. The van der Waals surface area contributed by atoms with Gasteiger partial charge in [-0.3, -0.25) is 4.90 Å². The fourth-order valence-electron chi connectivity index (χ4n) is 4.41. The summed E-state index contributed by atoms with van der Waals surface area (Å²) in [7, 11) is 0. The number of hydrogen-bond donors (Lipinski definition) is 2. The Hall–Kier alpha value is -2.22. The minimum atomic E-state index is 0.534. The third-order valence-corrected chi connectivity index (χ3v) is 6.11. The maximum Gasteiger partial charge on any atom is 0.152 e. The van der Waals surface area contributed by atoms with E-state index < -0.39 is 0 Å². The topological polar surface area (TPSA) is 81.2 Å². The number of aryl methyl sites for hydroxylation is 2. The van der Waals surface area contributed by atoms with Gasteiger partial charge in [-0.25, -0.2) is 9.97 Å². The molecule has 1 aliphatic heterocycles. The molecule has 3 N–H and O–H groups in total. The summed E-state index contributed by atoms with van der Waals surface area (Å²) >= 11 is 0. The van der Waals surface area contributed by atoms with Gasteiger partial charge in [0, 0.05) is 31.4 Å². The number of nitrogen functional groups attached to an aromatic ring is 1. The van der Waals surface area contributed by atoms with Gasteiger partial charge in [-0.1, -0.05) is 31.5 Å². The Kier molecular flexibility index (Phi) is 7.72. The minimum Gasteiger partial charge on any atom is -0.382 e. The summed E-state index contributed by atoms with van der Waals surface area (Å²) in [5.74, 6) is 1.67. The number of rotatable bonds is 11. The zero-order valence-corrected chi connectivity index (χ0v) is 18.8. The van der Waals surface area contributed by atoms with Crippen molar-refractivity contribution in [2.45, 2.75) is 45.6 Å². The van der Waals surface area contributed by atoms with Crippen LogP contribution in [-0.4, -0.2) is 65.4 Å². The van der Waals surface area contributed by atoms with Crippen LogP contribution in [-0.2, 0) is 17.7 Å². The number of benzene rings is 1. The van der Waals surface area contributed by atoms with Crippen molar-refractivity contribution in [2.24, 2.45) is 0 Å². The van der Waals surface area contributed by atoms with Crippen molar-refractivity contribution in [3.8, 4) is 0 Å². The predicted molar refractivity (Wildman–Crippen MR) is 127 cm³/mol. The van der Waals surface area contributed by atoms with Gasteiger partial charge in [0.15, 0.2) is 5.82 Å². The highest BCUT2D eigenvalue weighted by Crippen LogP contribution is 2.29. The van der Waals surface area contributed by atoms with Crippen LogP contribution in [0.4, 0.5) is 5.82 Å². The summed E-state index contributed by atoms with van der Waals surface area (Å²) < 4.78 is 7.81. The normalized spacial score (nSPS) is 15.3. The van der Waals surface area contributed by atoms with Crippen LogP contribution in [0.25, 0.3) is 21.9 Å². The first-order valence-corrected chi connectivity index (χ1v) is 11.8. The average molecular weight is 425 g/mol. The summed E-state index contributed by atoms with van der Waals surface area (Å²) in [4.78, 5) is 12.0. The molecule has 0 bridgehead atoms.